The maximum Gasteiger partial charge on any atom is 0.321 e. The van der Waals surface area contributed by atoms with Crippen molar-refractivity contribution in [3.63, 3.8) is 0 Å². The van der Waals surface area contributed by atoms with E-state index in [0.29, 0.717) is 13.0 Å². The minimum Gasteiger partial charge on any atom is -0.481 e. The van der Waals surface area contributed by atoms with E-state index in [1.54, 1.807) is 11.8 Å². The second-order valence-electron chi connectivity index (χ2n) is 5.88. The molecule has 2 N–H and O–H groups in total. The summed E-state index contributed by atoms with van der Waals surface area (Å²) < 4.78 is 0.968. The fourth-order valence-electron chi connectivity index (χ4n) is 2.60. The number of likely N-dealkylation sites (tertiary alicyclic amines) is 1. The van der Waals surface area contributed by atoms with Gasteiger partial charge < -0.3 is 15.3 Å². The van der Waals surface area contributed by atoms with Gasteiger partial charge in [-0.15, -0.1) is 0 Å². The van der Waals surface area contributed by atoms with Crippen molar-refractivity contribution in [2.75, 3.05) is 18.4 Å². The second kappa shape index (κ2) is 5.67. The average molecular weight is 355 g/mol. The number of nitrogens with one attached hydrogen (secondary N) is 1. The largest absolute Gasteiger partial charge is 0.481 e. The fourth-order valence-corrected chi connectivity index (χ4v) is 3.29. The van der Waals surface area contributed by atoms with Crippen LogP contribution in [-0.4, -0.2) is 35.1 Å². The Labute approximate surface area is 132 Å². The van der Waals surface area contributed by atoms with Crippen LogP contribution < -0.4 is 5.32 Å². The van der Waals surface area contributed by atoms with Gasteiger partial charge in [-0.05, 0) is 50.5 Å². The van der Waals surface area contributed by atoms with Crippen molar-refractivity contribution in [2.24, 2.45) is 5.41 Å². The molecule has 1 aromatic rings. The quantitative estimate of drug-likeness (QED) is 0.854. The molecular weight excluding hydrogens is 336 g/mol. The predicted molar refractivity (Wildman–Crippen MR) is 84.6 cm³/mol. The van der Waals surface area contributed by atoms with Crippen molar-refractivity contribution in [2.45, 2.75) is 27.2 Å². The van der Waals surface area contributed by atoms with E-state index in [9.17, 15) is 14.7 Å². The third-order valence-electron chi connectivity index (χ3n) is 4.01. The zero-order valence-corrected chi connectivity index (χ0v) is 14.0. The van der Waals surface area contributed by atoms with Crippen molar-refractivity contribution in [1.82, 2.24) is 4.90 Å². The van der Waals surface area contributed by atoms with E-state index >= 15 is 0 Å². The molecule has 6 heteroatoms. The molecule has 1 heterocycles. The maximum absolute atomic E-state index is 12.3. The Morgan fingerprint density at radius 3 is 2.38 bits per heavy atom. The van der Waals surface area contributed by atoms with E-state index in [0.717, 1.165) is 21.3 Å². The molecule has 114 valence electrons. The first-order chi connectivity index (χ1) is 9.73. The highest BCUT2D eigenvalue weighted by Gasteiger charge is 2.42. The lowest BCUT2D eigenvalue weighted by Gasteiger charge is -2.21. The first-order valence-electron chi connectivity index (χ1n) is 6.79. The van der Waals surface area contributed by atoms with Crippen molar-refractivity contribution in [1.29, 1.82) is 0 Å². The molecule has 1 unspecified atom stereocenters. The first kappa shape index (κ1) is 15.8. The van der Waals surface area contributed by atoms with E-state index in [-0.39, 0.29) is 12.6 Å². The number of aryl methyl sites for hydroxylation is 2. The fraction of sp³-hybridized carbons (Fsp3) is 0.467. The lowest BCUT2D eigenvalue weighted by molar-refractivity contribution is -0.146. The van der Waals surface area contributed by atoms with Gasteiger partial charge in [0.1, 0.15) is 0 Å². The van der Waals surface area contributed by atoms with E-state index in [1.165, 1.54) is 0 Å². The van der Waals surface area contributed by atoms with Crippen LogP contribution in [0.25, 0.3) is 0 Å². The smallest absolute Gasteiger partial charge is 0.321 e. The Balaban J connectivity index is 2.12. The molecule has 0 saturated carbocycles. The summed E-state index contributed by atoms with van der Waals surface area (Å²) in [7, 11) is 0. The molecule has 2 rings (SSSR count). The minimum absolute atomic E-state index is 0.239. The molecule has 1 atom stereocenters. The van der Waals surface area contributed by atoms with Crippen LogP contribution in [0, 0.1) is 19.3 Å². The molecule has 0 aromatic heterocycles. The molecule has 1 aliphatic rings. The summed E-state index contributed by atoms with van der Waals surface area (Å²) >= 11 is 3.42. The minimum atomic E-state index is -0.853. The van der Waals surface area contributed by atoms with E-state index in [1.807, 2.05) is 26.0 Å². The Morgan fingerprint density at radius 1 is 1.33 bits per heavy atom. The number of urea groups is 1. The highest BCUT2D eigenvalue weighted by Crippen LogP contribution is 2.31. The maximum atomic E-state index is 12.3. The highest BCUT2D eigenvalue weighted by atomic mass is 79.9. The number of aliphatic carboxylic acids is 1. The average Bonchev–Trinajstić information content (AvgIpc) is 2.78. The SMILES string of the molecule is Cc1cc(Br)cc(C)c1NC(=O)N1CCC(C)(C(=O)O)C1. The second-order valence-corrected chi connectivity index (χ2v) is 6.80. The number of carbonyl (C=O) groups excluding carboxylic acids is 1. The Bertz CT molecular complexity index is 580. The summed E-state index contributed by atoms with van der Waals surface area (Å²) in [6.45, 7) is 6.24. The number of hydrogen-bond donors (Lipinski definition) is 2. The Kier molecular flexibility index (Phi) is 4.27. The first-order valence-corrected chi connectivity index (χ1v) is 7.58. The number of hydrogen-bond acceptors (Lipinski definition) is 2. The van der Waals surface area contributed by atoms with Crippen LogP contribution in [0.5, 0.6) is 0 Å². The van der Waals surface area contributed by atoms with Gasteiger partial charge in [0.25, 0.3) is 0 Å². The molecule has 0 radical (unpaired) electrons. The third kappa shape index (κ3) is 3.20. The van der Waals surface area contributed by atoms with Gasteiger partial charge >= 0.3 is 12.0 Å². The molecule has 1 saturated heterocycles. The van der Waals surface area contributed by atoms with Crippen LogP contribution in [0.15, 0.2) is 16.6 Å². The number of benzene rings is 1. The molecule has 1 aromatic carbocycles. The van der Waals surface area contributed by atoms with Crippen LogP contribution in [0.4, 0.5) is 10.5 Å². The van der Waals surface area contributed by atoms with Crippen molar-refractivity contribution in [3.05, 3.63) is 27.7 Å². The normalized spacial score (nSPS) is 21.4. The number of rotatable bonds is 2. The molecule has 1 fully saturated rings. The van der Waals surface area contributed by atoms with Crippen LogP contribution in [0.2, 0.25) is 0 Å². The number of carboxylic acid groups (broad SMARTS) is 1. The lowest BCUT2D eigenvalue weighted by Crippen LogP contribution is -2.37. The molecule has 2 amide bonds. The predicted octanol–water partition coefficient (Wildman–Crippen LogP) is 3.39. The third-order valence-corrected chi connectivity index (χ3v) is 4.46. The molecule has 1 aliphatic heterocycles. The zero-order chi connectivity index (χ0) is 15.8. The number of carboxylic acids is 1. The topological polar surface area (TPSA) is 69.6 Å². The summed E-state index contributed by atoms with van der Waals surface area (Å²) in [4.78, 5) is 25.1. The summed E-state index contributed by atoms with van der Waals surface area (Å²) in [5, 5.41) is 12.1. The monoisotopic (exact) mass is 354 g/mol. The van der Waals surface area contributed by atoms with Gasteiger partial charge in [-0.3, -0.25) is 4.79 Å². The Hall–Kier alpha value is -1.56. The molecule has 5 nitrogen and oxygen atoms in total. The molecular formula is C15H19BrN2O3. The van der Waals surface area contributed by atoms with Gasteiger partial charge in [0.2, 0.25) is 0 Å². The molecule has 0 bridgehead atoms. The van der Waals surface area contributed by atoms with Gasteiger partial charge in [-0.1, -0.05) is 15.9 Å². The van der Waals surface area contributed by atoms with Gasteiger partial charge in [0, 0.05) is 23.2 Å². The van der Waals surface area contributed by atoms with Gasteiger partial charge in [-0.2, -0.15) is 0 Å². The number of amides is 2. The summed E-state index contributed by atoms with van der Waals surface area (Å²) in [6.07, 6.45) is 0.480. The van der Waals surface area contributed by atoms with Crippen molar-refractivity contribution in [3.8, 4) is 0 Å². The number of nitrogens with zero attached hydrogens (tertiary/aromatic N) is 1. The molecule has 0 aliphatic carbocycles. The van der Waals surface area contributed by atoms with Crippen LogP contribution in [0.3, 0.4) is 0 Å². The highest BCUT2D eigenvalue weighted by molar-refractivity contribution is 9.10. The standard InChI is InChI=1S/C15H19BrN2O3/c1-9-6-11(16)7-10(2)12(9)17-14(21)18-5-4-15(3,8-18)13(19)20/h6-7H,4-5,8H2,1-3H3,(H,17,21)(H,19,20). The van der Waals surface area contributed by atoms with Crippen LogP contribution in [0.1, 0.15) is 24.5 Å². The summed E-state index contributed by atoms with van der Waals surface area (Å²) in [5.41, 5.74) is 1.87. The zero-order valence-electron chi connectivity index (χ0n) is 12.4. The molecule has 21 heavy (non-hydrogen) atoms. The van der Waals surface area contributed by atoms with Crippen molar-refractivity contribution >= 4 is 33.6 Å². The lowest BCUT2D eigenvalue weighted by atomic mass is 9.90. The van der Waals surface area contributed by atoms with Crippen LogP contribution >= 0.6 is 15.9 Å². The number of halogens is 1. The van der Waals surface area contributed by atoms with Gasteiger partial charge in [0.05, 0.1) is 5.41 Å². The number of anilines is 1. The van der Waals surface area contributed by atoms with Gasteiger partial charge in [0.15, 0.2) is 0 Å². The van der Waals surface area contributed by atoms with Crippen LogP contribution in [-0.2, 0) is 4.79 Å². The van der Waals surface area contributed by atoms with Crippen molar-refractivity contribution < 1.29 is 14.7 Å². The summed E-state index contributed by atoms with van der Waals surface area (Å²) in [5.74, 6) is -0.853. The number of carbonyl (C=O) groups is 2. The Morgan fingerprint density at radius 2 is 1.90 bits per heavy atom. The van der Waals surface area contributed by atoms with E-state index in [4.69, 9.17) is 0 Å². The summed E-state index contributed by atoms with van der Waals surface area (Å²) in [6, 6.07) is 3.63. The molecule has 0 spiro atoms. The van der Waals surface area contributed by atoms with E-state index < -0.39 is 11.4 Å². The van der Waals surface area contributed by atoms with E-state index in [2.05, 4.69) is 21.2 Å². The van der Waals surface area contributed by atoms with Gasteiger partial charge in [-0.25, -0.2) is 4.79 Å².